The predicted octanol–water partition coefficient (Wildman–Crippen LogP) is 2.80. The summed E-state index contributed by atoms with van der Waals surface area (Å²) in [4.78, 5) is 2.66. The molecule has 0 bridgehead atoms. The molecule has 1 N–H and O–H groups in total. The number of hydrogen-bond acceptors (Lipinski definition) is 2. The van der Waals surface area contributed by atoms with Gasteiger partial charge in [-0.25, -0.2) is 0 Å². The Morgan fingerprint density at radius 3 is 2.19 bits per heavy atom. The van der Waals surface area contributed by atoms with Crippen LogP contribution in [0, 0.1) is 5.92 Å². The van der Waals surface area contributed by atoms with Crippen LogP contribution < -0.4 is 0 Å². The normalized spacial score (nSPS) is 41.4. The summed E-state index contributed by atoms with van der Waals surface area (Å²) in [7, 11) is 0. The van der Waals surface area contributed by atoms with Gasteiger partial charge in [0.1, 0.15) is 0 Å². The molecular weight excluding hydrogens is 198 g/mol. The molecule has 2 fully saturated rings. The van der Waals surface area contributed by atoms with Crippen LogP contribution in [-0.2, 0) is 0 Å². The van der Waals surface area contributed by atoms with E-state index in [0.29, 0.717) is 5.92 Å². The lowest BCUT2D eigenvalue weighted by Crippen LogP contribution is -2.44. The van der Waals surface area contributed by atoms with Crippen LogP contribution in [0.2, 0.25) is 0 Å². The van der Waals surface area contributed by atoms with E-state index in [2.05, 4.69) is 18.7 Å². The van der Waals surface area contributed by atoms with E-state index in [-0.39, 0.29) is 6.10 Å². The average Bonchev–Trinajstić information content (AvgIpc) is 2.64. The van der Waals surface area contributed by atoms with E-state index in [4.69, 9.17) is 0 Å². The zero-order chi connectivity index (χ0) is 11.5. The van der Waals surface area contributed by atoms with E-state index in [9.17, 15) is 5.11 Å². The van der Waals surface area contributed by atoms with Crippen molar-refractivity contribution in [3.8, 4) is 0 Å². The van der Waals surface area contributed by atoms with E-state index < -0.39 is 0 Å². The fourth-order valence-electron chi connectivity index (χ4n) is 3.58. The second-order valence-electron chi connectivity index (χ2n) is 5.91. The quantitative estimate of drug-likeness (QED) is 0.798. The van der Waals surface area contributed by atoms with Gasteiger partial charge in [0, 0.05) is 12.1 Å². The molecule has 0 aromatic heterocycles. The second kappa shape index (κ2) is 5.50. The summed E-state index contributed by atoms with van der Waals surface area (Å²) in [6, 6.07) is 1.50. The largest absolute Gasteiger partial charge is 0.393 e. The van der Waals surface area contributed by atoms with Crippen molar-refractivity contribution < 1.29 is 5.11 Å². The van der Waals surface area contributed by atoms with Gasteiger partial charge < -0.3 is 5.11 Å². The Morgan fingerprint density at radius 1 is 1.00 bits per heavy atom. The molecule has 94 valence electrons. The molecule has 4 atom stereocenters. The molecule has 2 nitrogen and oxygen atoms in total. The van der Waals surface area contributed by atoms with Crippen LogP contribution in [-0.4, -0.2) is 34.7 Å². The van der Waals surface area contributed by atoms with Crippen molar-refractivity contribution in [3.63, 3.8) is 0 Å². The van der Waals surface area contributed by atoms with Gasteiger partial charge in [-0.15, -0.1) is 0 Å². The fraction of sp³-hybridized carbons (Fsp3) is 1.00. The molecule has 1 saturated carbocycles. The zero-order valence-electron chi connectivity index (χ0n) is 10.9. The van der Waals surface area contributed by atoms with Crippen molar-refractivity contribution in [3.05, 3.63) is 0 Å². The monoisotopic (exact) mass is 225 g/mol. The minimum absolute atomic E-state index is 0.00426. The van der Waals surface area contributed by atoms with Gasteiger partial charge in [-0.1, -0.05) is 12.8 Å². The van der Waals surface area contributed by atoms with Crippen LogP contribution in [0.25, 0.3) is 0 Å². The molecule has 0 radical (unpaired) electrons. The fourth-order valence-corrected chi connectivity index (χ4v) is 3.58. The smallest absolute Gasteiger partial charge is 0.0568 e. The Bertz CT molecular complexity index is 209. The van der Waals surface area contributed by atoms with Crippen LogP contribution in [0.15, 0.2) is 0 Å². The predicted molar refractivity (Wildman–Crippen MR) is 67.4 cm³/mol. The number of nitrogens with zero attached hydrogens (tertiary/aromatic N) is 1. The molecule has 4 unspecified atom stereocenters. The topological polar surface area (TPSA) is 23.5 Å². The van der Waals surface area contributed by atoms with Gasteiger partial charge in [0.15, 0.2) is 0 Å². The summed E-state index contributed by atoms with van der Waals surface area (Å²) >= 11 is 0. The minimum Gasteiger partial charge on any atom is -0.393 e. The highest BCUT2D eigenvalue weighted by Gasteiger charge is 2.28. The molecule has 0 aromatic carbocycles. The van der Waals surface area contributed by atoms with E-state index in [1.165, 1.54) is 45.1 Å². The SMILES string of the molecule is CC1CCCC(C)N1CCC1CCCC1O. The van der Waals surface area contributed by atoms with Gasteiger partial charge in [0.05, 0.1) is 6.10 Å². The van der Waals surface area contributed by atoms with Gasteiger partial charge in [-0.05, 0) is 58.4 Å². The number of hydrogen-bond donors (Lipinski definition) is 1. The third kappa shape index (κ3) is 2.78. The van der Waals surface area contributed by atoms with Crippen molar-refractivity contribution >= 4 is 0 Å². The molecule has 1 heterocycles. The number of aliphatic hydroxyl groups excluding tert-OH is 1. The summed E-state index contributed by atoms with van der Waals surface area (Å²) in [5.74, 6) is 0.585. The lowest BCUT2D eigenvalue weighted by Gasteiger charge is -2.39. The van der Waals surface area contributed by atoms with Crippen molar-refractivity contribution in [1.82, 2.24) is 4.90 Å². The Balaban J connectivity index is 1.79. The summed E-state index contributed by atoms with van der Waals surface area (Å²) in [5.41, 5.74) is 0. The van der Waals surface area contributed by atoms with E-state index >= 15 is 0 Å². The molecule has 0 aromatic rings. The Morgan fingerprint density at radius 2 is 1.62 bits per heavy atom. The van der Waals surface area contributed by atoms with Crippen molar-refractivity contribution in [2.75, 3.05) is 6.54 Å². The van der Waals surface area contributed by atoms with Crippen LogP contribution in [0.4, 0.5) is 0 Å². The van der Waals surface area contributed by atoms with Gasteiger partial charge in [0.2, 0.25) is 0 Å². The molecule has 0 spiro atoms. The van der Waals surface area contributed by atoms with Crippen molar-refractivity contribution in [2.45, 2.75) is 77.0 Å². The maximum atomic E-state index is 9.83. The first-order chi connectivity index (χ1) is 7.68. The van der Waals surface area contributed by atoms with Gasteiger partial charge in [-0.3, -0.25) is 4.90 Å². The molecule has 1 aliphatic carbocycles. The first-order valence-corrected chi connectivity index (χ1v) is 7.12. The van der Waals surface area contributed by atoms with Crippen LogP contribution in [0.3, 0.4) is 0 Å². The zero-order valence-corrected chi connectivity index (χ0v) is 10.9. The molecule has 1 saturated heterocycles. The van der Waals surface area contributed by atoms with E-state index in [1.807, 2.05) is 0 Å². The third-order valence-corrected chi connectivity index (χ3v) is 4.75. The highest BCUT2D eigenvalue weighted by Crippen LogP contribution is 2.30. The van der Waals surface area contributed by atoms with Crippen LogP contribution in [0.5, 0.6) is 0 Å². The summed E-state index contributed by atoms with van der Waals surface area (Å²) in [6.45, 7) is 5.92. The highest BCUT2D eigenvalue weighted by atomic mass is 16.3. The van der Waals surface area contributed by atoms with E-state index in [1.54, 1.807) is 0 Å². The number of piperidine rings is 1. The molecule has 2 heteroatoms. The van der Waals surface area contributed by atoms with Crippen molar-refractivity contribution in [2.24, 2.45) is 5.92 Å². The maximum Gasteiger partial charge on any atom is 0.0568 e. The molecule has 0 amide bonds. The summed E-state index contributed by atoms with van der Waals surface area (Å²) in [5, 5.41) is 9.83. The Hall–Kier alpha value is -0.0800. The van der Waals surface area contributed by atoms with Gasteiger partial charge >= 0.3 is 0 Å². The van der Waals surface area contributed by atoms with Crippen LogP contribution in [0.1, 0.15) is 58.8 Å². The highest BCUT2D eigenvalue weighted by molar-refractivity contribution is 4.82. The number of likely N-dealkylation sites (tertiary alicyclic amines) is 1. The summed E-state index contributed by atoms with van der Waals surface area (Å²) < 4.78 is 0. The molecule has 16 heavy (non-hydrogen) atoms. The molecule has 1 aliphatic heterocycles. The van der Waals surface area contributed by atoms with E-state index in [0.717, 1.165) is 18.5 Å². The van der Waals surface area contributed by atoms with Crippen LogP contribution >= 0.6 is 0 Å². The number of rotatable bonds is 3. The lowest BCUT2D eigenvalue weighted by molar-refractivity contribution is 0.0752. The van der Waals surface area contributed by atoms with Gasteiger partial charge in [0.25, 0.3) is 0 Å². The molecular formula is C14H27NO. The summed E-state index contributed by atoms with van der Waals surface area (Å²) in [6.07, 6.45) is 8.83. The van der Waals surface area contributed by atoms with Crippen molar-refractivity contribution in [1.29, 1.82) is 0 Å². The molecule has 2 aliphatic rings. The maximum absolute atomic E-state index is 9.83. The first kappa shape index (κ1) is 12.4. The second-order valence-corrected chi connectivity index (χ2v) is 5.91. The number of aliphatic hydroxyl groups is 1. The molecule has 2 rings (SSSR count). The first-order valence-electron chi connectivity index (χ1n) is 7.12. The average molecular weight is 225 g/mol. The Labute approximate surface area is 100 Å². The third-order valence-electron chi connectivity index (χ3n) is 4.75. The Kier molecular flexibility index (Phi) is 4.26. The van der Waals surface area contributed by atoms with Gasteiger partial charge in [-0.2, -0.15) is 0 Å². The minimum atomic E-state index is -0.00426. The standard InChI is InChI=1S/C14H27NO/c1-11-5-3-6-12(2)15(11)10-9-13-7-4-8-14(13)16/h11-14,16H,3-10H2,1-2H3. The lowest BCUT2D eigenvalue weighted by atomic mass is 9.95.